The Hall–Kier alpha value is -0.600. The molecule has 0 spiro atoms. The summed E-state index contributed by atoms with van der Waals surface area (Å²) in [6.45, 7) is 1.76. The van der Waals surface area contributed by atoms with Gasteiger partial charge in [-0.05, 0) is 61.1 Å². The molecule has 2 N–H and O–H groups in total. The minimum atomic E-state index is -0.250. The molecule has 0 heterocycles. The monoisotopic (exact) mass is 253 g/mol. The number of aryl methyl sites for hydroxylation is 1. The Balaban J connectivity index is 1.85. The van der Waals surface area contributed by atoms with Crippen LogP contribution in [0, 0.1) is 30.5 Å². The number of hydrogen-bond acceptors (Lipinski definition) is 1. The van der Waals surface area contributed by atoms with Crippen LogP contribution in [0.1, 0.15) is 36.4 Å². The van der Waals surface area contributed by atoms with Crippen LogP contribution < -0.4 is 5.73 Å². The highest BCUT2D eigenvalue weighted by atomic mass is 35.5. The molecule has 0 amide bonds. The zero-order valence-corrected chi connectivity index (χ0v) is 10.7. The molecule has 2 aliphatic carbocycles. The van der Waals surface area contributed by atoms with Crippen molar-refractivity contribution in [3.63, 3.8) is 0 Å². The molecule has 0 bridgehead atoms. The molecule has 3 heteroatoms. The van der Waals surface area contributed by atoms with E-state index in [0.29, 0.717) is 16.5 Å². The SMILES string of the molecule is Cc1cc(C(N)C2CC3CC3C2)c(Cl)cc1F. The summed E-state index contributed by atoms with van der Waals surface area (Å²) < 4.78 is 13.3. The highest BCUT2D eigenvalue weighted by Crippen LogP contribution is 2.57. The van der Waals surface area contributed by atoms with E-state index >= 15 is 0 Å². The molecule has 2 fully saturated rings. The molecule has 17 heavy (non-hydrogen) atoms. The zero-order chi connectivity index (χ0) is 12.2. The lowest BCUT2D eigenvalue weighted by Gasteiger charge is -2.22. The molecule has 0 radical (unpaired) electrons. The molecule has 3 atom stereocenters. The topological polar surface area (TPSA) is 26.0 Å². The lowest BCUT2D eigenvalue weighted by Crippen LogP contribution is -2.21. The van der Waals surface area contributed by atoms with Crippen LogP contribution in [0.3, 0.4) is 0 Å². The van der Waals surface area contributed by atoms with Crippen molar-refractivity contribution >= 4 is 11.6 Å². The molecule has 2 saturated carbocycles. The van der Waals surface area contributed by atoms with Gasteiger partial charge in [0.05, 0.1) is 0 Å². The van der Waals surface area contributed by atoms with Crippen LogP contribution in [-0.4, -0.2) is 0 Å². The minimum Gasteiger partial charge on any atom is -0.324 e. The maximum absolute atomic E-state index is 13.3. The average molecular weight is 254 g/mol. The second-order valence-electron chi connectivity index (χ2n) is 5.64. The van der Waals surface area contributed by atoms with Crippen LogP contribution in [0.2, 0.25) is 5.02 Å². The van der Waals surface area contributed by atoms with Crippen molar-refractivity contribution in [1.82, 2.24) is 0 Å². The largest absolute Gasteiger partial charge is 0.324 e. The first-order valence-electron chi connectivity index (χ1n) is 6.27. The third kappa shape index (κ3) is 1.98. The molecular formula is C14H17ClFN. The van der Waals surface area contributed by atoms with Crippen molar-refractivity contribution in [1.29, 1.82) is 0 Å². The highest BCUT2D eigenvalue weighted by Gasteiger charge is 2.47. The summed E-state index contributed by atoms with van der Waals surface area (Å²) >= 11 is 6.10. The first-order valence-corrected chi connectivity index (χ1v) is 6.65. The van der Waals surface area contributed by atoms with Gasteiger partial charge >= 0.3 is 0 Å². The Morgan fingerprint density at radius 3 is 2.59 bits per heavy atom. The van der Waals surface area contributed by atoms with Crippen LogP contribution in [-0.2, 0) is 0 Å². The second-order valence-corrected chi connectivity index (χ2v) is 6.04. The number of hydrogen-bond donors (Lipinski definition) is 1. The Bertz CT molecular complexity index is 450. The molecule has 1 aromatic rings. The molecule has 92 valence electrons. The van der Waals surface area contributed by atoms with Crippen molar-refractivity contribution < 1.29 is 4.39 Å². The van der Waals surface area contributed by atoms with E-state index in [1.807, 2.05) is 6.07 Å². The van der Waals surface area contributed by atoms with E-state index in [1.165, 1.54) is 25.3 Å². The van der Waals surface area contributed by atoms with Gasteiger partial charge in [0, 0.05) is 11.1 Å². The molecule has 0 aromatic heterocycles. The maximum atomic E-state index is 13.3. The molecule has 3 rings (SSSR count). The van der Waals surface area contributed by atoms with Gasteiger partial charge in [0.2, 0.25) is 0 Å². The molecular weight excluding hydrogens is 237 g/mol. The van der Waals surface area contributed by atoms with E-state index in [9.17, 15) is 4.39 Å². The van der Waals surface area contributed by atoms with E-state index in [1.54, 1.807) is 6.92 Å². The van der Waals surface area contributed by atoms with E-state index in [-0.39, 0.29) is 11.9 Å². The third-order valence-corrected chi connectivity index (χ3v) is 4.75. The molecule has 2 aliphatic rings. The van der Waals surface area contributed by atoms with Gasteiger partial charge in [0.1, 0.15) is 5.82 Å². The van der Waals surface area contributed by atoms with Gasteiger partial charge < -0.3 is 5.73 Å². The fourth-order valence-electron chi connectivity index (χ4n) is 3.24. The van der Waals surface area contributed by atoms with Crippen LogP contribution in [0.5, 0.6) is 0 Å². The highest BCUT2D eigenvalue weighted by molar-refractivity contribution is 6.31. The second kappa shape index (κ2) is 3.96. The summed E-state index contributed by atoms with van der Waals surface area (Å²) in [5, 5.41) is 0.473. The number of benzene rings is 1. The maximum Gasteiger partial charge on any atom is 0.127 e. The lowest BCUT2D eigenvalue weighted by molar-refractivity contribution is 0.403. The third-order valence-electron chi connectivity index (χ3n) is 4.42. The van der Waals surface area contributed by atoms with Gasteiger partial charge in [-0.15, -0.1) is 0 Å². The van der Waals surface area contributed by atoms with Crippen LogP contribution in [0.25, 0.3) is 0 Å². The predicted molar refractivity (Wildman–Crippen MR) is 67.4 cm³/mol. The van der Waals surface area contributed by atoms with Crippen molar-refractivity contribution in [2.24, 2.45) is 23.5 Å². The van der Waals surface area contributed by atoms with Gasteiger partial charge in [0.25, 0.3) is 0 Å². The minimum absolute atomic E-state index is 0.0328. The summed E-state index contributed by atoms with van der Waals surface area (Å²) in [4.78, 5) is 0. The van der Waals surface area contributed by atoms with E-state index in [4.69, 9.17) is 17.3 Å². The number of rotatable bonds is 2. The van der Waals surface area contributed by atoms with Crippen molar-refractivity contribution in [3.8, 4) is 0 Å². The number of halogens is 2. The van der Waals surface area contributed by atoms with Gasteiger partial charge in [-0.25, -0.2) is 4.39 Å². The smallest absolute Gasteiger partial charge is 0.127 e. The number of nitrogens with two attached hydrogens (primary N) is 1. The van der Waals surface area contributed by atoms with Gasteiger partial charge in [-0.2, -0.15) is 0 Å². The van der Waals surface area contributed by atoms with Crippen molar-refractivity contribution in [2.45, 2.75) is 32.2 Å². The zero-order valence-electron chi connectivity index (χ0n) is 9.92. The van der Waals surface area contributed by atoms with Gasteiger partial charge in [-0.1, -0.05) is 17.7 Å². The quantitative estimate of drug-likeness (QED) is 0.852. The molecule has 0 saturated heterocycles. The van der Waals surface area contributed by atoms with Crippen LogP contribution in [0.4, 0.5) is 4.39 Å². The summed E-state index contributed by atoms with van der Waals surface area (Å²) in [7, 11) is 0. The summed E-state index contributed by atoms with van der Waals surface area (Å²) in [5.41, 5.74) is 7.84. The van der Waals surface area contributed by atoms with Gasteiger partial charge in [0.15, 0.2) is 0 Å². The predicted octanol–water partition coefficient (Wildman–Crippen LogP) is 3.83. The summed E-state index contributed by atoms with van der Waals surface area (Å²) in [5.74, 6) is 2.10. The van der Waals surface area contributed by atoms with Gasteiger partial charge in [-0.3, -0.25) is 0 Å². The summed E-state index contributed by atoms with van der Waals surface area (Å²) in [6, 6.07) is 3.17. The molecule has 1 nitrogen and oxygen atoms in total. The fraction of sp³-hybridized carbons (Fsp3) is 0.571. The van der Waals surface area contributed by atoms with Crippen molar-refractivity contribution in [2.75, 3.05) is 0 Å². The number of fused-ring (bicyclic) bond motifs is 1. The molecule has 3 unspecified atom stereocenters. The summed E-state index contributed by atoms with van der Waals surface area (Å²) in [6.07, 6.45) is 3.83. The normalized spacial score (nSPS) is 32.4. The van der Waals surface area contributed by atoms with Crippen LogP contribution in [0.15, 0.2) is 12.1 Å². The fourth-order valence-corrected chi connectivity index (χ4v) is 3.52. The van der Waals surface area contributed by atoms with Crippen molar-refractivity contribution in [3.05, 3.63) is 34.1 Å². The average Bonchev–Trinajstić information content (AvgIpc) is 2.90. The first kappa shape index (κ1) is 11.5. The van der Waals surface area contributed by atoms with E-state index in [0.717, 1.165) is 17.4 Å². The van der Waals surface area contributed by atoms with Crippen LogP contribution >= 0.6 is 11.6 Å². The molecule has 0 aliphatic heterocycles. The first-order chi connectivity index (χ1) is 8.06. The van der Waals surface area contributed by atoms with E-state index in [2.05, 4.69) is 0 Å². The Kier molecular flexibility index (Phi) is 2.68. The lowest BCUT2D eigenvalue weighted by atomic mass is 9.89. The molecule has 1 aromatic carbocycles. The Morgan fingerprint density at radius 2 is 1.94 bits per heavy atom. The standard InChI is InChI=1S/C14H17ClFN/c1-7-2-11(12(15)6-13(7)16)14(17)10-4-8-3-9(8)5-10/h2,6,8-10,14H,3-5,17H2,1H3. The van der Waals surface area contributed by atoms with E-state index < -0.39 is 0 Å². The Morgan fingerprint density at radius 1 is 1.29 bits per heavy atom. The Labute approximate surface area is 106 Å².